The number of benzene rings is 3. The molecule has 4 N–H and O–H groups in total. The van der Waals surface area contributed by atoms with Gasteiger partial charge in [-0.05, 0) is 60.2 Å². The van der Waals surface area contributed by atoms with Gasteiger partial charge in [0, 0.05) is 17.4 Å². The Hall–Kier alpha value is -3.34. The van der Waals surface area contributed by atoms with Crippen LogP contribution in [0.3, 0.4) is 0 Å². The Morgan fingerprint density at radius 2 is 1.41 bits per heavy atom. The average Bonchev–Trinajstić information content (AvgIpc) is 2.68. The third-order valence-corrected chi connectivity index (χ3v) is 5.13. The van der Waals surface area contributed by atoms with Crippen molar-refractivity contribution in [3.8, 4) is 11.1 Å². The minimum atomic E-state index is -3.75. The van der Waals surface area contributed by atoms with E-state index in [1.807, 2.05) is 0 Å². The summed E-state index contributed by atoms with van der Waals surface area (Å²) >= 11 is 5.25. The van der Waals surface area contributed by atoms with E-state index >= 15 is 0 Å². The van der Waals surface area contributed by atoms with Crippen LogP contribution in [0.2, 0.25) is 0 Å². The molecule has 0 saturated carbocycles. The molecule has 0 aliphatic heterocycles. The fourth-order valence-corrected chi connectivity index (χ4v) is 3.38. The molecule has 3 aromatic rings. The van der Waals surface area contributed by atoms with Crippen molar-refractivity contribution in [3.63, 3.8) is 0 Å². The van der Waals surface area contributed by atoms with E-state index in [-0.39, 0.29) is 10.6 Å². The van der Waals surface area contributed by atoms with E-state index in [4.69, 9.17) is 17.4 Å². The highest BCUT2D eigenvalue weighted by Gasteiger charge is 2.14. The second kappa shape index (κ2) is 8.35. The average molecular weight is 428 g/mol. The summed E-state index contributed by atoms with van der Waals surface area (Å²) in [6, 6.07) is 19.4. The summed E-state index contributed by atoms with van der Waals surface area (Å²) in [7, 11) is -3.75. The first-order chi connectivity index (χ1) is 13.7. The first-order valence-corrected chi connectivity index (χ1v) is 10.2. The molecule has 0 saturated heterocycles. The molecule has 3 rings (SSSR count). The highest BCUT2D eigenvalue weighted by molar-refractivity contribution is 7.89. The van der Waals surface area contributed by atoms with Crippen LogP contribution in [0.5, 0.6) is 0 Å². The Kier molecular flexibility index (Phi) is 5.87. The molecule has 0 atom stereocenters. The van der Waals surface area contributed by atoms with Crippen molar-refractivity contribution in [2.24, 2.45) is 5.14 Å². The van der Waals surface area contributed by atoms with E-state index in [1.165, 1.54) is 18.2 Å². The van der Waals surface area contributed by atoms with Gasteiger partial charge in [-0.15, -0.1) is 0 Å². The van der Waals surface area contributed by atoms with Gasteiger partial charge in [-0.2, -0.15) is 0 Å². The topological polar surface area (TPSA) is 127 Å². The quantitative estimate of drug-likeness (QED) is 0.321. The normalized spacial score (nSPS) is 10.9. The number of nitrogens with two attached hydrogens (primary N) is 1. The van der Waals surface area contributed by atoms with Gasteiger partial charge in [-0.25, -0.2) is 13.6 Å². The van der Waals surface area contributed by atoms with Gasteiger partial charge in [0.1, 0.15) is 0 Å². The lowest BCUT2D eigenvalue weighted by molar-refractivity contribution is -0.384. The largest absolute Gasteiger partial charge is 0.332 e. The van der Waals surface area contributed by atoms with Crippen molar-refractivity contribution in [3.05, 3.63) is 82.9 Å². The fourth-order valence-electron chi connectivity index (χ4n) is 2.63. The zero-order valence-corrected chi connectivity index (χ0v) is 16.5. The van der Waals surface area contributed by atoms with Crippen molar-refractivity contribution in [1.29, 1.82) is 0 Å². The van der Waals surface area contributed by atoms with E-state index < -0.39 is 14.9 Å². The number of thiocarbonyl (C=S) groups is 1. The third-order valence-electron chi connectivity index (χ3n) is 4.00. The van der Waals surface area contributed by atoms with Crippen LogP contribution >= 0.6 is 12.2 Å². The molecule has 3 aromatic carbocycles. The predicted octanol–water partition coefficient (Wildman–Crippen LogP) is 3.72. The lowest BCUT2D eigenvalue weighted by atomic mass is 10.0. The zero-order valence-electron chi connectivity index (χ0n) is 14.9. The standard InChI is InChI=1S/C19H16N4O4S2/c20-29(26,27)16-11-9-15(10-12-16)22-19(28)21-14-7-5-13(6-8-14)17-3-1-2-4-18(17)23(24)25/h1-12H,(H2,20,26,27)(H2,21,22,28). The number of sulfonamides is 1. The molecule has 29 heavy (non-hydrogen) atoms. The van der Waals surface area contributed by atoms with Crippen molar-refractivity contribution < 1.29 is 13.3 Å². The number of hydrogen-bond donors (Lipinski definition) is 3. The number of nitro groups is 1. The molecular weight excluding hydrogens is 412 g/mol. The minimum Gasteiger partial charge on any atom is -0.332 e. The molecule has 0 aliphatic rings. The molecule has 0 radical (unpaired) electrons. The van der Waals surface area contributed by atoms with Gasteiger partial charge < -0.3 is 10.6 Å². The molecule has 0 bridgehead atoms. The minimum absolute atomic E-state index is 0.00696. The van der Waals surface area contributed by atoms with Gasteiger partial charge >= 0.3 is 0 Å². The van der Waals surface area contributed by atoms with Crippen LogP contribution in [0.15, 0.2) is 77.7 Å². The summed E-state index contributed by atoms with van der Waals surface area (Å²) in [5.74, 6) is 0. The smallest absolute Gasteiger partial charge is 0.277 e. The van der Waals surface area contributed by atoms with E-state index in [9.17, 15) is 18.5 Å². The number of nitro benzene ring substituents is 1. The summed E-state index contributed by atoms with van der Waals surface area (Å²) in [6.07, 6.45) is 0. The van der Waals surface area contributed by atoms with Crippen LogP contribution < -0.4 is 15.8 Å². The van der Waals surface area contributed by atoms with Crippen molar-refractivity contribution in [1.82, 2.24) is 0 Å². The molecule has 0 spiro atoms. The van der Waals surface area contributed by atoms with Crippen LogP contribution in [0.1, 0.15) is 0 Å². The van der Waals surface area contributed by atoms with Gasteiger partial charge in [-0.1, -0.05) is 24.3 Å². The molecule has 0 amide bonds. The number of para-hydroxylation sites is 1. The van der Waals surface area contributed by atoms with E-state index in [0.717, 1.165) is 0 Å². The Morgan fingerprint density at radius 1 is 0.897 bits per heavy atom. The molecule has 10 heteroatoms. The lowest BCUT2D eigenvalue weighted by Gasteiger charge is -2.11. The number of nitrogens with zero attached hydrogens (tertiary/aromatic N) is 1. The van der Waals surface area contributed by atoms with Gasteiger partial charge in [-0.3, -0.25) is 10.1 Å². The maximum absolute atomic E-state index is 11.3. The molecule has 0 unspecified atom stereocenters. The molecule has 0 aromatic heterocycles. The van der Waals surface area contributed by atoms with E-state index in [2.05, 4.69) is 10.6 Å². The molecule has 0 aliphatic carbocycles. The molecular formula is C19H16N4O4S2. The lowest BCUT2D eigenvalue weighted by Crippen LogP contribution is -2.19. The van der Waals surface area contributed by atoms with Crippen molar-refractivity contribution >= 4 is 44.4 Å². The Labute approximate surface area is 172 Å². The number of nitrogens with one attached hydrogen (secondary N) is 2. The summed E-state index contributed by atoms with van der Waals surface area (Å²) in [4.78, 5) is 10.8. The molecule has 8 nitrogen and oxygen atoms in total. The van der Waals surface area contributed by atoms with Crippen LogP contribution in [0, 0.1) is 10.1 Å². The number of rotatable bonds is 5. The van der Waals surface area contributed by atoms with Gasteiger partial charge in [0.05, 0.1) is 15.4 Å². The van der Waals surface area contributed by atoms with Crippen LogP contribution in [0.4, 0.5) is 17.1 Å². The molecule has 148 valence electrons. The molecule has 0 heterocycles. The zero-order chi connectivity index (χ0) is 21.0. The Morgan fingerprint density at radius 3 is 1.93 bits per heavy atom. The van der Waals surface area contributed by atoms with Crippen LogP contribution in [0.25, 0.3) is 11.1 Å². The van der Waals surface area contributed by atoms with Gasteiger partial charge in [0.25, 0.3) is 5.69 Å². The first kappa shape index (κ1) is 20.4. The predicted molar refractivity (Wildman–Crippen MR) is 116 cm³/mol. The van der Waals surface area contributed by atoms with Crippen molar-refractivity contribution in [2.45, 2.75) is 4.90 Å². The fraction of sp³-hybridized carbons (Fsp3) is 0. The maximum atomic E-state index is 11.3. The SMILES string of the molecule is NS(=O)(=O)c1ccc(NC(=S)Nc2ccc(-c3ccccc3[N+](=O)[O-])cc2)cc1. The summed E-state index contributed by atoms with van der Waals surface area (Å²) < 4.78 is 22.6. The highest BCUT2D eigenvalue weighted by atomic mass is 32.2. The monoisotopic (exact) mass is 428 g/mol. The van der Waals surface area contributed by atoms with Gasteiger partial charge in [0.15, 0.2) is 5.11 Å². The van der Waals surface area contributed by atoms with Gasteiger partial charge in [0.2, 0.25) is 10.0 Å². The summed E-state index contributed by atoms with van der Waals surface area (Å²) in [5.41, 5.74) is 2.55. The second-order valence-corrected chi connectivity index (χ2v) is 7.97. The molecule has 0 fully saturated rings. The number of primary sulfonamides is 1. The maximum Gasteiger partial charge on any atom is 0.277 e. The van der Waals surface area contributed by atoms with Crippen molar-refractivity contribution in [2.75, 3.05) is 10.6 Å². The first-order valence-electron chi connectivity index (χ1n) is 8.29. The highest BCUT2D eigenvalue weighted by Crippen LogP contribution is 2.30. The third kappa shape index (κ3) is 5.13. The Balaban J connectivity index is 1.68. The number of anilines is 2. The second-order valence-electron chi connectivity index (χ2n) is 6.00. The van der Waals surface area contributed by atoms with Crippen LogP contribution in [-0.4, -0.2) is 18.5 Å². The van der Waals surface area contributed by atoms with E-state index in [1.54, 1.807) is 54.6 Å². The van der Waals surface area contributed by atoms with E-state index in [0.29, 0.717) is 27.6 Å². The Bertz CT molecular complexity index is 1160. The summed E-state index contributed by atoms with van der Waals surface area (Å²) in [5, 5.41) is 22.5. The number of hydrogen-bond acceptors (Lipinski definition) is 5. The summed E-state index contributed by atoms with van der Waals surface area (Å²) in [6.45, 7) is 0. The van der Waals surface area contributed by atoms with Crippen LogP contribution in [-0.2, 0) is 10.0 Å².